The number of amides is 2. The number of halogens is 1. The quantitative estimate of drug-likeness (QED) is 0.733. The van der Waals surface area contributed by atoms with Crippen LogP contribution in [0.3, 0.4) is 0 Å². The summed E-state index contributed by atoms with van der Waals surface area (Å²) in [6, 6.07) is 13.9. The first kappa shape index (κ1) is 19.5. The Morgan fingerprint density at radius 3 is 2.58 bits per heavy atom. The van der Waals surface area contributed by atoms with Crippen molar-refractivity contribution in [2.24, 2.45) is 0 Å². The summed E-state index contributed by atoms with van der Waals surface area (Å²) < 4.78 is 5.08. The maximum Gasteiger partial charge on any atom is 0.244 e. The van der Waals surface area contributed by atoms with E-state index >= 15 is 0 Å². The second-order valence-electron chi connectivity index (χ2n) is 5.68. The van der Waals surface area contributed by atoms with Gasteiger partial charge in [-0.05, 0) is 48.4 Å². The van der Waals surface area contributed by atoms with Gasteiger partial charge in [-0.1, -0.05) is 35.9 Å². The van der Waals surface area contributed by atoms with Gasteiger partial charge in [0.2, 0.25) is 11.8 Å². The number of carbonyl (C=O) groups is 2. The standard InChI is InChI=1S/C20H21ClN2O3/c1-14(20(25)22-13-16-4-3-5-17(21)12-16)23-19(24)11-8-15-6-9-18(26-2)10-7-15/h3-12,14H,13H2,1-2H3,(H,22,25)(H,23,24)/b11-8+. The van der Waals surface area contributed by atoms with Crippen LogP contribution in [0.1, 0.15) is 18.1 Å². The predicted octanol–water partition coefficient (Wildman–Crippen LogP) is 3.18. The number of benzene rings is 2. The summed E-state index contributed by atoms with van der Waals surface area (Å²) in [6.07, 6.45) is 3.06. The fourth-order valence-corrected chi connectivity index (χ4v) is 2.42. The number of hydrogen-bond acceptors (Lipinski definition) is 3. The Labute approximate surface area is 158 Å². The molecule has 1 atom stereocenters. The smallest absolute Gasteiger partial charge is 0.244 e. The van der Waals surface area contributed by atoms with E-state index in [1.165, 1.54) is 6.08 Å². The SMILES string of the molecule is COc1ccc(/C=C/C(=O)NC(C)C(=O)NCc2cccc(Cl)c2)cc1. The van der Waals surface area contributed by atoms with Crippen LogP contribution in [0, 0.1) is 0 Å². The van der Waals surface area contributed by atoms with E-state index in [1.807, 2.05) is 36.4 Å². The van der Waals surface area contributed by atoms with Crippen LogP contribution in [0.4, 0.5) is 0 Å². The summed E-state index contributed by atoms with van der Waals surface area (Å²) in [7, 11) is 1.59. The Bertz CT molecular complexity index is 788. The molecule has 2 aromatic carbocycles. The monoisotopic (exact) mass is 372 g/mol. The third kappa shape index (κ3) is 6.26. The van der Waals surface area contributed by atoms with Crippen LogP contribution in [0.25, 0.3) is 6.08 Å². The Kier molecular flexibility index (Phi) is 7.24. The molecule has 0 saturated carbocycles. The molecule has 2 amide bonds. The van der Waals surface area contributed by atoms with Gasteiger partial charge in [0, 0.05) is 17.6 Å². The van der Waals surface area contributed by atoms with Crippen molar-refractivity contribution in [1.82, 2.24) is 10.6 Å². The molecule has 0 aliphatic heterocycles. The van der Waals surface area contributed by atoms with Gasteiger partial charge in [-0.25, -0.2) is 0 Å². The minimum atomic E-state index is -0.651. The van der Waals surface area contributed by atoms with Crippen molar-refractivity contribution in [3.8, 4) is 5.75 Å². The molecule has 0 saturated heterocycles. The molecule has 0 fully saturated rings. The van der Waals surface area contributed by atoms with E-state index in [-0.39, 0.29) is 11.8 Å². The number of hydrogen-bond donors (Lipinski definition) is 2. The van der Waals surface area contributed by atoms with E-state index in [2.05, 4.69) is 10.6 Å². The minimum absolute atomic E-state index is 0.267. The molecular formula is C20H21ClN2O3. The first-order chi connectivity index (χ1) is 12.5. The molecule has 2 aromatic rings. The van der Waals surface area contributed by atoms with E-state index in [1.54, 1.807) is 32.2 Å². The highest BCUT2D eigenvalue weighted by molar-refractivity contribution is 6.30. The normalized spacial score (nSPS) is 11.8. The van der Waals surface area contributed by atoms with E-state index in [9.17, 15) is 9.59 Å². The lowest BCUT2D eigenvalue weighted by Gasteiger charge is -2.13. The number of nitrogens with one attached hydrogen (secondary N) is 2. The largest absolute Gasteiger partial charge is 0.497 e. The summed E-state index contributed by atoms with van der Waals surface area (Å²) in [5.41, 5.74) is 1.75. The molecule has 0 aliphatic carbocycles. The van der Waals surface area contributed by atoms with Gasteiger partial charge < -0.3 is 15.4 Å². The lowest BCUT2D eigenvalue weighted by Crippen LogP contribution is -2.44. The summed E-state index contributed by atoms with van der Waals surface area (Å²) in [6.45, 7) is 1.98. The van der Waals surface area contributed by atoms with Crippen LogP contribution in [0.2, 0.25) is 5.02 Å². The fraction of sp³-hybridized carbons (Fsp3) is 0.200. The van der Waals surface area contributed by atoms with Gasteiger partial charge in [-0.2, -0.15) is 0 Å². The Morgan fingerprint density at radius 2 is 1.92 bits per heavy atom. The second-order valence-corrected chi connectivity index (χ2v) is 6.12. The summed E-state index contributed by atoms with van der Waals surface area (Å²) >= 11 is 5.91. The maximum absolute atomic E-state index is 12.1. The minimum Gasteiger partial charge on any atom is -0.497 e. The van der Waals surface area contributed by atoms with Gasteiger partial charge in [-0.3, -0.25) is 9.59 Å². The molecule has 0 radical (unpaired) electrons. The molecule has 2 N–H and O–H groups in total. The average molecular weight is 373 g/mol. The molecule has 0 aromatic heterocycles. The third-order valence-corrected chi connectivity index (χ3v) is 3.89. The van der Waals surface area contributed by atoms with Crippen molar-refractivity contribution in [2.45, 2.75) is 19.5 Å². The van der Waals surface area contributed by atoms with Crippen LogP contribution in [-0.4, -0.2) is 25.0 Å². The molecule has 0 spiro atoms. The fourth-order valence-electron chi connectivity index (χ4n) is 2.20. The highest BCUT2D eigenvalue weighted by atomic mass is 35.5. The van der Waals surface area contributed by atoms with Crippen molar-refractivity contribution in [3.63, 3.8) is 0 Å². The average Bonchev–Trinajstić information content (AvgIpc) is 2.64. The van der Waals surface area contributed by atoms with E-state index < -0.39 is 6.04 Å². The molecule has 0 heterocycles. The zero-order chi connectivity index (χ0) is 18.9. The summed E-state index contributed by atoms with van der Waals surface area (Å²) in [5, 5.41) is 6.01. The van der Waals surface area contributed by atoms with Gasteiger partial charge >= 0.3 is 0 Å². The lowest BCUT2D eigenvalue weighted by atomic mass is 10.2. The van der Waals surface area contributed by atoms with Crippen LogP contribution in [0.15, 0.2) is 54.6 Å². The Hall–Kier alpha value is -2.79. The van der Waals surface area contributed by atoms with Crippen LogP contribution < -0.4 is 15.4 Å². The van der Waals surface area contributed by atoms with Crippen molar-refractivity contribution in [3.05, 3.63) is 70.8 Å². The number of carbonyl (C=O) groups excluding carboxylic acids is 2. The highest BCUT2D eigenvalue weighted by Gasteiger charge is 2.13. The van der Waals surface area contributed by atoms with Gasteiger partial charge in [-0.15, -0.1) is 0 Å². The van der Waals surface area contributed by atoms with E-state index in [0.29, 0.717) is 11.6 Å². The van der Waals surface area contributed by atoms with Crippen LogP contribution in [0.5, 0.6) is 5.75 Å². The predicted molar refractivity (Wildman–Crippen MR) is 103 cm³/mol. The lowest BCUT2D eigenvalue weighted by molar-refractivity contribution is -0.126. The Balaban J connectivity index is 1.81. The molecule has 6 heteroatoms. The molecule has 26 heavy (non-hydrogen) atoms. The zero-order valence-corrected chi connectivity index (χ0v) is 15.4. The number of ether oxygens (including phenoxy) is 1. The van der Waals surface area contributed by atoms with Gasteiger partial charge in [0.1, 0.15) is 11.8 Å². The molecule has 136 valence electrons. The van der Waals surface area contributed by atoms with E-state index in [0.717, 1.165) is 16.9 Å². The second kappa shape index (κ2) is 9.63. The first-order valence-electron chi connectivity index (χ1n) is 8.12. The number of rotatable bonds is 7. The maximum atomic E-state index is 12.1. The first-order valence-corrected chi connectivity index (χ1v) is 8.50. The van der Waals surface area contributed by atoms with Crippen LogP contribution in [-0.2, 0) is 16.1 Å². The van der Waals surface area contributed by atoms with Gasteiger partial charge in [0.25, 0.3) is 0 Å². The Morgan fingerprint density at radius 1 is 1.19 bits per heavy atom. The summed E-state index contributed by atoms with van der Waals surface area (Å²) in [5.74, 6) is 0.138. The topological polar surface area (TPSA) is 67.4 Å². The molecule has 0 bridgehead atoms. The van der Waals surface area contributed by atoms with E-state index in [4.69, 9.17) is 16.3 Å². The van der Waals surface area contributed by atoms with Crippen LogP contribution >= 0.6 is 11.6 Å². The zero-order valence-electron chi connectivity index (χ0n) is 14.7. The van der Waals surface area contributed by atoms with Crippen molar-refractivity contribution in [1.29, 1.82) is 0 Å². The van der Waals surface area contributed by atoms with Crippen molar-refractivity contribution in [2.75, 3.05) is 7.11 Å². The van der Waals surface area contributed by atoms with Gasteiger partial charge in [0.05, 0.1) is 7.11 Å². The molecular weight excluding hydrogens is 352 g/mol. The molecule has 1 unspecified atom stereocenters. The van der Waals surface area contributed by atoms with Crippen molar-refractivity contribution < 1.29 is 14.3 Å². The molecule has 0 aliphatic rings. The molecule has 2 rings (SSSR count). The number of methoxy groups -OCH3 is 1. The van der Waals surface area contributed by atoms with Crippen molar-refractivity contribution >= 4 is 29.5 Å². The summed E-state index contributed by atoms with van der Waals surface area (Å²) in [4.78, 5) is 24.0. The van der Waals surface area contributed by atoms with Gasteiger partial charge in [0.15, 0.2) is 0 Å². The third-order valence-electron chi connectivity index (χ3n) is 3.65. The molecule has 5 nitrogen and oxygen atoms in total. The highest BCUT2D eigenvalue weighted by Crippen LogP contribution is 2.12.